The first kappa shape index (κ1) is 22.0. The monoisotopic (exact) mass is 448 g/mol. The van der Waals surface area contributed by atoms with Crippen molar-refractivity contribution in [3.63, 3.8) is 0 Å². The first-order valence-corrected chi connectivity index (χ1v) is 15.5. The largest absolute Gasteiger partial charge is 0.415 e. The summed E-state index contributed by atoms with van der Waals surface area (Å²) in [5.74, 6) is 3.58. The molecular formula is C29H28OSi2. The fraction of sp³-hybridized carbons (Fsp3) is 0.103. The van der Waals surface area contributed by atoms with Gasteiger partial charge >= 0.3 is 8.32 Å². The standard InChI is InChI=1S/C29H28OSi2/c1-25(31(2,26-15-7-3-8-16-26)27-17-9-4-10-18-27)23-24-32(30,28-19-11-5-12-20-28)29-21-13-6-14-22-29/h3-22,25,30H,1-2H3. The third-order valence-corrected chi connectivity index (χ3v) is 14.3. The topological polar surface area (TPSA) is 20.2 Å². The molecule has 0 amide bonds. The van der Waals surface area contributed by atoms with Crippen molar-refractivity contribution in [3.8, 4) is 11.5 Å². The Hall–Kier alpha value is -3.17. The number of rotatable bonds is 5. The fourth-order valence-corrected chi connectivity index (χ4v) is 10.3. The van der Waals surface area contributed by atoms with Crippen LogP contribution < -0.4 is 20.7 Å². The maximum Gasteiger partial charge on any atom is 0.334 e. The first-order chi connectivity index (χ1) is 15.5. The van der Waals surface area contributed by atoms with Gasteiger partial charge in [-0.15, -0.1) is 5.92 Å². The molecule has 4 rings (SSSR count). The van der Waals surface area contributed by atoms with Crippen LogP contribution in [0.5, 0.6) is 0 Å². The minimum atomic E-state index is -3.18. The highest BCUT2D eigenvalue weighted by Crippen LogP contribution is 2.21. The highest BCUT2D eigenvalue weighted by Gasteiger charge is 2.39. The van der Waals surface area contributed by atoms with E-state index in [4.69, 9.17) is 0 Å². The lowest BCUT2D eigenvalue weighted by Gasteiger charge is -2.32. The summed E-state index contributed by atoms with van der Waals surface area (Å²) >= 11 is 0. The fourth-order valence-electron chi connectivity index (χ4n) is 4.26. The third-order valence-electron chi connectivity index (χ3n) is 6.47. The van der Waals surface area contributed by atoms with Crippen LogP contribution in [0.2, 0.25) is 12.1 Å². The summed E-state index contributed by atoms with van der Waals surface area (Å²) < 4.78 is 0. The van der Waals surface area contributed by atoms with E-state index in [-0.39, 0.29) is 5.54 Å². The van der Waals surface area contributed by atoms with Gasteiger partial charge in [-0.25, -0.2) is 0 Å². The first-order valence-electron chi connectivity index (χ1n) is 11.0. The van der Waals surface area contributed by atoms with Crippen molar-refractivity contribution in [1.29, 1.82) is 0 Å². The second kappa shape index (κ2) is 9.54. The van der Waals surface area contributed by atoms with E-state index in [2.05, 4.69) is 85.6 Å². The summed E-state index contributed by atoms with van der Waals surface area (Å²) in [6.45, 7) is 4.62. The van der Waals surface area contributed by atoms with Gasteiger partial charge in [0, 0.05) is 5.54 Å². The van der Waals surface area contributed by atoms with Crippen LogP contribution in [-0.4, -0.2) is 21.2 Å². The van der Waals surface area contributed by atoms with Crippen LogP contribution in [0.25, 0.3) is 0 Å². The van der Waals surface area contributed by atoms with Crippen molar-refractivity contribution < 1.29 is 4.80 Å². The quantitative estimate of drug-likeness (QED) is 0.366. The van der Waals surface area contributed by atoms with Crippen LogP contribution in [0.4, 0.5) is 0 Å². The van der Waals surface area contributed by atoms with Gasteiger partial charge in [0.1, 0.15) is 8.07 Å². The van der Waals surface area contributed by atoms with Gasteiger partial charge in [0.2, 0.25) is 0 Å². The van der Waals surface area contributed by atoms with Gasteiger partial charge in [0.25, 0.3) is 0 Å². The Morgan fingerprint density at radius 3 is 1.22 bits per heavy atom. The molecule has 0 aromatic heterocycles. The predicted octanol–water partition coefficient (Wildman–Crippen LogP) is 3.56. The Morgan fingerprint density at radius 1 is 0.562 bits per heavy atom. The van der Waals surface area contributed by atoms with Crippen molar-refractivity contribution in [2.45, 2.75) is 19.0 Å². The lowest BCUT2D eigenvalue weighted by molar-refractivity contribution is 0.584. The van der Waals surface area contributed by atoms with E-state index < -0.39 is 16.4 Å². The molecule has 0 heterocycles. The summed E-state index contributed by atoms with van der Waals surface area (Å²) in [5, 5.41) is 4.57. The number of hydrogen-bond acceptors (Lipinski definition) is 1. The van der Waals surface area contributed by atoms with E-state index in [0.29, 0.717) is 0 Å². The Bertz CT molecular complexity index is 1120. The van der Waals surface area contributed by atoms with Gasteiger partial charge in [0.05, 0.1) is 0 Å². The molecule has 0 saturated carbocycles. The smallest absolute Gasteiger partial charge is 0.334 e. The normalized spacial score (nSPS) is 12.5. The molecule has 0 aliphatic carbocycles. The maximum absolute atomic E-state index is 12.0. The molecule has 0 spiro atoms. The lowest BCUT2D eigenvalue weighted by atomic mass is 10.4. The van der Waals surface area contributed by atoms with Crippen molar-refractivity contribution in [1.82, 2.24) is 0 Å². The third kappa shape index (κ3) is 4.26. The predicted molar refractivity (Wildman–Crippen MR) is 141 cm³/mol. The summed E-state index contributed by atoms with van der Waals surface area (Å²) in [5.41, 5.74) is 3.58. The molecule has 0 bridgehead atoms. The zero-order valence-corrected chi connectivity index (χ0v) is 20.6. The molecule has 1 atom stereocenters. The molecule has 4 aromatic carbocycles. The minimum Gasteiger partial charge on any atom is -0.415 e. The van der Waals surface area contributed by atoms with Crippen LogP contribution >= 0.6 is 0 Å². The summed E-state index contributed by atoms with van der Waals surface area (Å²) in [6, 6.07) is 41.4. The Labute approximate surface area is 193 Å². The second-order valence-electron chi connectivity index (χ2n) is 8.37. The summed E-state index contributed by atoms with van der Waals surface area (Å²) in [7, 11) is -5.35. The van der Waals surface area contributed by atoms with Crippen LogP contribution in [0.15, 0.2) is 121 Å². The number of hydrogen-bond donors (Lipinski definition) is 1. The van der Waals surface area contributed by atoms with E-state index in [0.717, 1.165) is 10.4 Å². The molecule has 1 nitrogen and oxygen atoms in total. The van der Waals surface area contributed by atoms with Gasteiger partial charge < -0.3 is 4.80 Å². The van der Waals surface area contributed by atoms with Crippen LogP contribution in [-0.2, 0) is 0 Å². The molecule has 0 radical (unpaired) electrons. The zero-order chi connectivity index (χ0) is 22.4. The van der Waals surface area contributed by atoms with Crippen molar-refractivity contribution >= 4 is 37.1 Å². The molecule has 0 fully saturated rings. The van der Waals surface area contributed by atoms with E-state index >= 15 is 0 Å². The molecule has 1 unspecified atom stereocenters. The Kier molecular flexibility index (Phi) is 6.57. The second-order valence-corrected chi connectivity index (χ2v) is 15.6. The van der Waals surface area contributed by atoms with Crippen LogP contribution in [0.3, 0.4) is 0 Å². The van der Waals surface area contributed by atoms with Crippen LogP contribution in [0.1, 0.15) is 6.92 Å². The zero-order valence-electron chi connectivity index (χ0n) is 18.6. The van der Waals surface area contributed by atoms with Gasteiger partial charge in [0.15, 0.2) is 0 Å². The molecule has 3 heteroatoms. The highest BCUT2D eigenvalue weighted by molar-refractivity contribution is 7.04. The van der Waals surface area contributed by atoms with Crippen molar-refractivity contribution in [3.05, 3.63) is 121 Å². The average molecular weight is 449 g/mol. The van der Waals surface area contributed by atoms with Crippen molar-refractivity contribution in [2.75, 3.05) is 0 Å². The average Bonchev–Trinajstić information content (AvgIpc) is 2.88. The molecule has 1 N–H and O–H groups in total. The van der Waals surface area contributed by atoms with Gasteiger partial charge in [-0.1, -0.05) is 151 Å². The van der Waals surface area contributed by atoms with Gasteiger partial charge in [-0.3, -0.25) is 0 Å². The summed E-state index contributed by atoms with van der Waals surface area (Å²) in [4.78, 5) is 12.0. The van der Waals surface area contributed by atoms with E-state index in [1.165, 1.54) is 10.4 Å². The van der Waals surface area contributed by atoms with E-state index in [1.54, 1.807) is 0 Å². The molecule has 0 aliphatic rings. The lowest BCUT2D eigenvalue weighted by Crippen LogP contribution is -2.59. The molecule has 0 aliphatic heterocycles. The highest BCUT2D eigenvalue weighted by atomic mass is 28.4. The van der Waals surface area contributed by atoms with Crippen molar-refractivity contribution in [2.24, 2.45) is 0 Å². The van der Waals surface area contributed by atoms with E-state index in [9.17, 15) is 4.80 Å². The summed E-state index contributed by atoms with van der Waals surface area (Å²) in [6.07, 6.45) is 0. The van der Waals surface area contributed by atoms with Crippen LogP contribution in [0, 0.1) is 11.5 Å². The Balaban J connectivity index is 1.83. The molecule has 0 saturated heterocycles. The molecule has 32 heavy (non-hydrogen) atoms. The molecule has 158 valence electrons. The van der Waals surface area contributed by atoms with Gasteiger partial charge in [-0.2, -0.15) is 0 Å². The molecular weight excluding hydrogens is 420 g/mol. The van der Waals surface area contributed by atoms with E-state index in [1.807, 2.05) is 60.7 Å². The minimum absolute atomic E-state index is 0.124. The maximum atomic E-state index is 12.0. The molecule has 4 aromatic rings. The Morgan fingerprint density at radius 2 is 0.875 bits per heavy atom. The van der Waals surface area contributed by atoms with Gasteiger partial charge in [-0.05, 0) is 10.4 Å². The number of benzene rings is 4. The SMILES string of the molecule is CC(C#C[Si](O)(c1ccccc1)c1ccccc1)[Si](C)(c1ccccc1)c1ccccc1.